The van der Waals surface area contributed by atoms with Crippen molar-refractivity contribution in [1.29, 1.82) is 0 Å². The van der Waals surface area contributed by atoms with Crippen LogP contribution in [-0.4, -0.2) is 28.9 Å². The van der Waals surface area contributed by atoms with Gasteiger partial charge >= 0.3 is 0 Å². The summed E-state index contributed by atoms with van der Waals surface area (Å²) >= 11 is 11.8. The van der Waals surface area contributed by atoms with Crippen LogP contribution in [0.3, 0.4) is 0 Å². The summed E-state index contributed by atoms with van der Waals surface area (Å²) in [7, 11) is -3.40. The van der Waals surface area contributed by atoms with Crippen LogP contribution in [-0.2, 0) is 16.6 Å². The average molecular weight is 363 g/mol. The van der Waals surface area contributed by atoms with Gasteiger partial charge in [-0.25, -0.2) is 17.8 Å². The van der Waals surface area contributed by atoms with Crippen LogP contribution in [0.2, 0.25) is 10.0 Å². The van der Waals surface area contributed by atoms with Crippen molar-refractivity contribution in [3.05, 3.63) is 40.1 Å². The lowest BCUT2D eigenvalue weighted by atomic mass is 10.2. The Bertz CT molecular complexity index is 746. The third-order valence-electron chi connectivity index (χ3n) is 2.88. The quantitative estimate of drug-likeness (QED) is 0.820. The Labute approximate surface area is 139 Å². The van der Waals surface area contributed by atoms with Gasteiger partial charge in [-0.15, -0.1) is 5.10 Å². The molecule has 0 fully saturated rings. The van der Waals surface area contributed by atoms with Crippen molar-refractivity contribution in [3.8, 4) is 0 Å². The third kappa shape index (κ3) is 4.86. The maximum absolute atomic E-state index is 11.8. The molecule has 0 aliphatic heterocycles. The Balaban J connectivity index is 2.03. The SMILES string of the molecule is CCCCS(=O)(=O)Nc1ncn(Cc2ccc(Cl)c(Cl)c2)n1. The maximum atomic E-state index is 11.8. The number of unbranched alkanes of at least 4 members (excludes halogenated alkanes) is 1. The second kappa shape index (κ2) is 7.30. The molecule has 1 N–H and O–H groups in total. The maximum Gasteiger partial charge on any atom is 0.255 e. The fourth-order valence-electron chi connectivity index (χ4n) is 1.77. The molecule has 120 valence electrons. The topological polar surface area (TPSA) is 76.9 Å². The van der Waals surface area contributed by atoms with Gasteiger partial charge in [0.15, 0.2) is 0 Å². The number of sulfonamides is 1. The van der Waals surface area contributed by atoms with Crippen molar-refractivity contribution in [2.45, 2.75) is 26.3 Å². The Kier molecular flexibility index (Phi) is 5.66. The van der Waals surface area contributed by atoms with Crippen molar-refractivity contribution in [1.82, 2.24) is 14.8 Å². The number of hydrogen-bond donors (Lipinski definition) is 1. The number of anilines is 1. The van der Waals surface area contributed by atoms with E-state index in [0.29, 0.717) is 23.0 Å². The van der Waals surface area contributed by atoms with Gasteiger partial charge in [0.2, 0.25) is 10.0 Å². The van der Waals surface area contributed by atoms with Gasteiger partial charge in [0.25, 0.3) is 5.95 Å². The highest BCUT2D eigenvalue weighted by atomic mass is 35.5. The van der Waals surface area contributed by atoms with Gasteiger partial charge in [-0.3, -0.25) is 0 Å². The summed E-state index contributed by atoms with van der Waals surface area (Å²) in [6.07, 6.45) is 2.86. The lowest BCUT2D eigenvalue weighted by molar-refractivity contribution is 0.597. The lowest BCUT2D eigenvalue weighted by Gasteiger charge is -2.04. The van der Waals surface area contributed by atoms with E-state index in [2.05, 4.69) is 14.8 Å². The van der Waals surface area contributed by atoms with Crippen LogP contribution in [0.1, 0.15) is 25.3 Å². The Morgan fingerprint density at radius 1 is 1.27 bits per heavy atom. The Morgan fingerprint density at radius 2 is 2.05 bits per heavy atom. The minimum Gasteiger partial charge on any atom is -0.250 e. The van der Waals surface area contributed by atoms with E-state index in [1.54, 1.807) is 12.1 Å². The molecule has 1 aromatic carbocycles. The largest absolute Gasteiger partial charge is 0.255 e. The summed E-state index contributed by atoms with van der Waals surface area (Å²) in [5, 5.41) is 5.03. The van der Waals surface area contributed by atoms with Gasteiger partial charge in [-0.2, -0.15) is 4.98 Å². The zero-order valence-electron chi connectivity index (χ0n) is 12.0. The molecule has 0 radical (unpaired) electrons. The van der Waals surface area contributed by atoms with E-state index in [4.69, 9.17) is 23.2 Å². The van der Waals surface area contributed by atoms with Gasteiger partial charge in [0, 0.05) is 0 Å². The molecule has 2 aromatic rings. The number of aromatic nitrogens is 3. The molecule has 22 heavy (non-hydrogen) atoms. The van der Waals surface area contributed by atoms with Crippen LogP contribution in [0.15, 0.2) is 24.5 Å². The summed E-state index contributed by atoms with van der Waals surface area (Å²) in [5.74, 6) is 0.126. The standard InChI is InChI=1S/C13H16Cl2N4O2S/c1-2-3-6-22(20,21)18-13-16-9-19(17-13)8-10-4-5-11(14)12(15)7-10/h4-5,7,9H,2-3,6,8H2,1H3,(H,17,18). The fourth-order valence-corrected chi connectivity index (χ4v) is 3.23. The highest BCUT2D eigenvalue weighted by molar-refractivity contribution is 7.92. The number of nitrogens with zero attached hydrogens (tertiary/aromatic N) is 3. The van der Waals surface area contributed by atoms with Crippen molar-refractivity contribution in [2.75, 3.05) is 10.5 Å². The van der Waals surface area contributed by atoms with Gasteiger partial charge in [0.05, 0.1) is 22.3 Å². The van der Waals surface area contributed by atoms with E-state index < -0.39 is 10.0 Å². The molecule has 0 unspecified atom stereocenters. The minimum absolute atomic E-state index is 0.0603. The van der Waals surface area contributed by atoms with Crippen molar-refractivity contribution in [3.63, 3.8) is 0 Å². The Hall–Kier alpha value is -1.31. The number of hydrogen-bond acceptors (Lipinski definition) is 4. The molecule has 0 saturated heterocycles. The predicted molar refractivity (Wildman–Crippen MR) is 87.9 cm³/mol. The zero-order valence-corrected chi connectivity index (χ0v) is 14.3. The molecule has 0 amide bonds. The van der Waals surface area contributed by atoms with Gasteiger partial charge < -0.3 is 0 Å². The van der Waals surface area contributed by atoms with Crippen LogP contribution in [0, 0.1) is 0 Å². The first-order valence-corrected chi connectivity index (χ1v) is 9.14. The molecule has 0 aliphatic rings. The highest BCUT2D eigenvalue weighted by Gasteiger charge is 2.12. The molecule has 0 atom stereocenters. The molecule has 1 heterocycles. The van der Waals surface area contributed by atoms with E-state index in [-0.39, 0.29) is 11.7 Å². The number of rotatable bonds is 7. The van der Waals surface area contributed by atoms with Gasteiger partial charge in [-0.1, -0.05) is 42.6 Å². The number of nitrogens with one attached hydrogen (secondary N) is 1. The molecule has 9 heteroatoms. The van der Waals surface area contributed by atoms with E-state index in [1.807, 2.05) is 13.0 Å². The highest BCUT2D eigenvalue weighted by Crippen LogP contribution is 2.22. The molecular formula is C13H16Cl2N4O2S. The summed E-state index contributed by atoms with van der Waals surface area (Å²) in [5.41, 5.74) is 0.889. The van der Waals surface area contributed by atoms with Gasteiger partial charge in [-0.05, 0) is 24.1 Å². The van der Waals surface area contributed by atoms with E-state index in [9.17, 15) is 8.42 Å². The summed E-state index contributed by atoms with van der Waals surface area (Å²) in [6, 6.07) is 5.25. The molecule has 0 spiro atoms. The zero-order chi connectivity index (χ0) is 16.2. The first-order valence-electron chi connectivity index (χ1n) is 6.73. The number of halogens is 2. The van der Waals surface area contributed by atoms with Crippen molar-refractivity contribution < 1.29 is 8.42 Å². The lowest BCUT2D eigenvalue weighted by Crippen LogP contribution is -2.17. The van der Waals surface area contributed by atoms with Crippen LogP contribution in [0.25, 0.3) is 0 Å². The van der Waals surface area contributed by atoms with Crippen molar-refractivity contribution in [2.24, 2.45) is 0 Å². The summed E-state index contributed by atoms with van der Waals surface area (Å²) in [4.78, 5) is 3.95. The second-order valence-electron chi connectivity index (χ2n) is 4.79. The molecule has 2 rings (SSSR count). The molecule has 0 saturated carbocycles. The molecule has 6 nitrogen and oxygen atoms in total. The molecule has 0 aliphatic carbocycles. The van der Waals surface area contributed by atoms with Crippen LogP contribution < -0.4 is 4.72 Å². The van der Waals surface area contributed by atoms with E-state index >= 15 is 0 Å². The van der Waals surface area contributed by atoms with E-state index in [1.165, 1.54) is 11.0 Å². The summed E-state index contributed by atoms with van der Waals surface area (Å²) in [6.45, 7) is 2.35. The summed E-state index contributed by atoms with van der Waals surface area (Å²) < 4.78 is 27.4. The number of benzene rings is 1. The molecule has 0 bridgehead atoms. The van der Waals surface area contributed by atoms with Gasteiger partial charge in [0.1, 0.15) is 6.33 Å². The third-order valence-corrected chi connectivity index (χ3v) is 4.94. The smallest absolute Gasteiger partial charge is 0.250 e. The van der Waals surface area contributed by atoms with Crippen LogP contribution >= 0.6 is 23.2 Å². The second-order valence-corrected chi connectivity index (χ2v) is 7.44. The monoisotopic (exact) mass is 362 g/mol. The fraction of sp³-hybridized carbons (Fsp3) is 0.385. The Morgan fingerprint density at radius 3 is 2.73 bits per heavy atom. The first-order chi connectivity index (χ1) is 10.4. The van der Waals surface area contributed by atoms with E-state index in [0.717, 1.165) is 12.0 Å². The van der Waals surface area contributed by atoms with Crippen LogP contribution in [0.5, 0.6) is 0 Å². The predicted octanol–water partition coefficient (Wildman–Crippen LogP) is 3.18. The van der Waals surface area contributed by atoms with Crippen LogP contribution in [0.4, 0.5) is 5.95 Å². The van der Waals surface area contributed by atoms with Crippen molar-refractivity contribution >= 4 is 39.2 Å². The minimum atomic E-state index is -3.40. The average Bonchev–Trinajstić information content (AvgIpc) is 2.87. The molecule has 1 aromatic heterocycles. The normalized spacial score (nSPS) is 11.6. The first kappa shape index (κ1) is 17.1. The molecular weight excluding hydrogens is 347 g/mol.